The third-order valence-corrected chi connectivity index (χ3v) is 3.32. The fourth-order valence-corrected chi connectivity index (χ4v) is 1.81. The number of nitrogens with one attached hydrogen (secondary N) is 2. The number of aryl methyl sites for hydroxylation is 2. The number of carbonyl (C=O) groups is 2. The van der Waals surface area contributed by atoms with Crippen molar-refractivity contribution in [3.63, 3.8) is 0 Å². The molecule has 0 unspecified atom stereocenters. The average molecular weight is 291 g/mol. The van der Waals surface area contributed by atoms with E-state index < -0.39 is 0 Å². The lowest BCUT2D eigenvalue weighted by atomic mass is 10.1. The first-order chi connectivity index (χ1) is 10.0. The first kappa shape index (κ1) is 17.2. The van der Waals surface area contributed by atoms with Crippen molar-refractivity contribution in [1.82, 2.24) is 15.5 Å². The lowest BCUT2D eigenvalue weighted by Crippen LogP contribution is -2.40. The standard InChI is InChI=1S/C16H25N3O2/c1-13-4-6-14(7-5-13)8-9-15(20)18-12-16(21)19(3)11-10-17-2/h4-7,17H,8-12H2,1-3H3,(H,18,20). The van der Waals surface area contributed by atoms with Gasteiger partial charge in [-0.15, -0.1) is 0 Å². The minimum absolute atomic E-state index is 0.0624. The van der Waals surface area contributed by atoms with Crippen LogP contribution in [0.1, 0.15) is 17.5 Å². The molecular formula is C16H25N3O2. The zero-order valence-corrected chi connectivity index (χ0v) is 13.1. The molecule has 21 heavy (non-hydrogen) atoms. The molecule has 0 saturated heterocycles. The van der Waals surface area contributed by atoms with Gasteiger partial charge >= 0.3 is 0 Å². The van der Waals surface area contributed by atoms with E-state index >= 15 is 0 Å². The molecule has 1 aromatic rings. The van der Waals surface area contributed by atoms with Gasteiger partial charge in [0, 0.05) is 26.6 Å². The van der Waals surface area contributed by atoms with Crippen molar-refractivity contribution in [2.75, 3.05) is 33.7 Å². The Morgan fingerprint density at radius 2 is 1.86 bits per heavy atom. The maximum absolute atomic E-state index is 11.7. The molecule has 1 rings (SSSR count). The monoisotopic (exact) mass is 291 g/mol. The summed E-state index contributed by atoms with van der Waals surface area (Å²) >= 11 is 0. The molecular weight excluding hydrogens is 266 g/mol. The van der Waals surface area contributed by atoms with Crippen LogP contribution < -0.4 is 10.6 Å². The second-order valence-corrected chi connectivity index (χ2v) is 5.18. The number of nitrogens with zero attached hydrogens (tertiary/aromatic N) is 1. The lowest BCUT2D eigenvalue weighted by Gasteiger charge is -2.17. The number of hydrogen-bond acceptors (Lipinski definition) is 3. The number of benzene rings is 1. The molecule has 0 aliphatic rings. The fourth-order valence-electron chi connectivity index (χ4n) is 1.81. The van der Waals surface area contributed by atoms with E-state index in [1.54, 1.807) is 11.9 Å². The van der Waals surface area contributed by atoms with Crippen LogP contribution in [0.25, 0.3) is 0 Å². The van der Waals surface area contributed by atoms with Crippen LogP contribution in [0.2, 0.25) is 0 Å². The van der Waals surface area contributed by atoms with Crippen molar-refractivity contribution in [1.29, 1.82) is 0 Å². The molecule has 0 aliphatic heterocycles. The normalized spacial score (nSPS) is 10.2. The molecule has 2 N–H and O–H groups in total. The highest BCUT2D eigenvalue weighted by Crippen LogP contribution is 2.05. The number of rotatable bonds is 8. The minimum Gasteiger partial charge on any atom is -0.347 e. The van der Waals surface area contributed by atoms with Gasteiger partial charge in [0.1, 0.15) is 0 Å². The Hall–Kier alpha value is -1.88. The lowest BCUT2D eigenvalue weighted by molar-refractivity contribution is -0.131. The molecule has 0 saturated carbocycles. The van der Waals surface area contributed by atoms with Crippen molar-refractivity contribution in [2.45, 2.75) is 19.8 Å². The van der Waals surface area contributed by atoms with Gasteiger partial charge in [0.2, 0.25) is 11.8 Å². The van der Waals surface area contributed by atoms with E-state index in [-0.39, 0.29) is 18.4 Å². The summed E-state index contributed by atoms with van der Waals surface area (Å²) in [5.74, 6) is -0.167. The summed E-state index contributed by atoms with van der Waals surface area (Å²) in [5, 5.41) is 5.65. The van der Waals surface area contributed by atoms with Crippen molar-refractivity contribution in [2.24, 2.45) is 0 Å². The Morgan fingerprint density at radius 3 is 2.48 bits per heavy atom. The second-order valence-electron chi connectivity index (χ2n) is 5.18. The first-order valence-corrected chi connectivity index (χ1v) is 7.23. The Bertz CT molecular complexity index is 457. The summed E-state index contributed by atoms with van der Waals surface area (Å²) < 4.78 is 0. The smallest absolute Gasteiger partial charge is 0.241 e. The molecule has 0 aliphatic carbocycles. The number of hydrogen-bond donors (Lipinski definition) is 2. The largest absolute Gasteiger partial charge is 0.347 e. The molecule has 0 spiro atoms. The van der Waals surface area contributed by atoms with E-state index in [2.05, 4.69) is 10.6 Å². The molecule has 5 heteroatoms. The van der Waals surface area contributed by atoms with Gasteiger partial charge in [-0.25, -0.2) is 0 Å². The van der Waals surface area contributed by atoms with Crippen molar-refractivity contribution < 1.29 is 9.59 Å². The van der Waals surface area contributed by atoms with E-state index in [0.29, 0.717) is 19.4 Å². The van der Waals surface area contributed by atoms with Crippen LogP contribution in [0.5, 0.6) is 0 Å². The summed E-state index contributed by atoms with van der Waals surface area (Å²) in [6.45, 7) is 3.47. The summed E-state index contributed by atoms with van der Waals surface area (Å²) in [7, 11) is 3.57. The van der Waals surface area contributed by atoms with E-state index in [1.165, 1.54) is 5.56 Å². The number of amides is 2. The third-order valence-electron chi connectivity index (χ3n) is 3.32. The van der Waals surface area contributed by atoms with Crippen LogP contribution >= 0.6 is 0 Å². The molecule has 116 valence electrons. The molecule has 0 atom stereocenters. The molecule has 0 fully saturated rings. The molecule has 1 aromatic carbocycles. The predicted molar refractivity (Wildman–Crippen MR) is 84.1 cm³/mol. The van der Waals surface area contributed by atoms with Gasteiger partial charge in [0.25, 0.3) is 0 Å². The average Bonchev–Trinajstić information content (AvgIpc) is 2.49. The van der Waals surface area contributed by atoms with Gasteiger partial charge in [-0.3, -0.25) is 9.59 Å². The van der Waals surface area contributed by atoms with Crippen LogP contribution in [-0.4, -0.2) is 50.4 Å². The topological polar surface area (TPSA) is 61.4 Å². The quantitative estimate of drug-likeness (QED) is 0.742. The van der Waals surface area contributed by atoms with Gasteiger partial charge in [-0.05, 0) is 26.0 Å². The minimum atomic E-state index is -0.0917. The maximum Gasteiger partial charge on any atom is 0.241 e. The van der Waals surface area contributed by atoms with Crippen molar-refractivity contribution in [3.05, 3.63) is 35.4 Å². The SMILES string of the molecule is CNCCN(C)C(=O)CNC(=O)CCc1ccc(C)cc1. The van der Waals surface area contributed by atoms with Crippen LogP contribution in [0.15, 0.2) is 24.3 Å². The van der Waals surface area contributed by atoms with Crippen molar-refractivity contribution in [3.8, 4) is 0 Å². The summed E-state index contributed by atoms with van der Waals surface area (Å²) in [6, 6.07) is 8.12. The fraction of sp³-hybridized carbons (Fsp3) is 0.500. The van der Waals surface area contributed by atoms with E-state index in [1.807, 2.05) is 38.2 Å². The van der Waals surface area contributed by atoms with Gasteiger partial charge in [-0.2, -0.15) is 0 Å². The van der Waals surface area contributed by atoms with Crippen LogP contribution in [0, 0.1) is 6.92 Å². The number of likely N-dealkylation sites (N-methyl/N-ethyl adjacent to an activating group) is 2. The Labute approximate surface area is 126 Å². The summed E-state index contributed by atoms with van der Waals surface area (Å²) in [4.78, 5) is 25.1. The molecule has 0 heterocycles. The van der Waals surface area contributed by atoms with Gasteiger partial charge in [-0.1, -0.05) is 29.8 Å². The summed E-state index contributed by atoms with van der Waals surface area (Å²) in [6.07, 6.45) is 1.09. The summed E-state index contributed by atoms with van der Waals surface area (Å²) in [5.41, 5.74) is 2.34. The molecule has 2 amide bonds. The molecule has 0 bridgehead atoms. The third kappa shape index (κ3) is 6.90. The zero-order chi connectivity index (χ0) is 15.7. The Balaban J connectivity index is 2.24. The zero-order valence-electron chi connectivity index (χ0n) is 13.1. The Morgan fingerprint density at radius 1 is 1.19 bits per heavy atom. The van der Waals surface area contributed by atoms with E-state index in [9.17, 15) is 9.59 Å². The first-order valence-electron chi connectivity index (χ1n) is 7.23. The molecule has 0 radical (unpaired) electrons. The highest BCUT2D eigenvalue weighted by Gasteiger charge is 2.09. The van der Waals surface area contributed by atoms with Gasteiger partial charge in [0.05, 0.1) is 6.54 Å². The predicted octanol–water partition coefficient (Wildman–Crippen LogP) is 0.722. The van der Waals surface area contributed by atoms with Crippen LogP contribution in [0.3, 0.4) is 0 Å². The maximum atomic E-state index is 11.7. The highest BCUT2D eigenvalue weighted by molar-refractivity contribution is 5.84. The van der Waals surface area contributed by atoms with Crippen molar-refractivity contribution >= 4 is 11.8 Å². The van der Waals surface area contributed by atoms with E-state index in [4.69, 9.17) is 0 Å². The van der Waals surface area contributed by atoms with Gasteiger partial charge < -0.3 is 15.5 Å². The second kappa shape index (κ2) is 9.13. The molecule has 5 nitrogen and oxygen atoms in total. The highest BCUT2D eigenvalue weighted by atomic mass is 16.2. The van der Waals surface area contributed by atoms with Gasteiger partial charge in [0.15, 0.2) is 0 Å². The molecule has 0 aromatic heterocycles. The van der Waals surface area contributed by atoms with Crippen LogP contribution in [0.4, 0.5) is 0 Å². The van der Waals surface area contributed by atoms with E-state index in [0.717, 1.165) is 12.1 Å². The Kier molecular flexibility index (Phi) is 7.46. The van der Waals surface area contributed by atoms with Crippen LogP contribution in [-0.2, 0) is 16.0 Å². The number of carbonyl (C=O) groups excluding carboxylic acids is 2.